The van der Waals surface area contributed by atoms with Gasteiger partial charge >= 0.3 is 0 Å². The van der Waals surface area contributed by atoms with E-state index in [4.69, 9.17) is 0 Å². The minimum absolute atomic E-state index is 0.212. The molecule has 0 aliphatic rings. The van der Waals surface area contributed by atoms with Crippen LogP contribution in [0, 0.1) is 6.92 Å². The van der Waals surface area contributed by atoms with Crippen molar-refractivity contribution in [2.45, 2.75) is 6.92 Å². The Morgan fingerprint density at radius 2 is 2.00 bits per heavy atom. The van der Waals surface area contributed by atoms with E-state index >= 15 is 0 Å². The first kappa shape index (κ1) is 11.4. The predicted octanol–water partition coefficient (Wildman–Crippen LogP) is 2.12. The van der Waals surface area contributed by atoms with Gasteiger partial charge in [0.15, 0.2) is 0 Å². The van der Waals surface area contributed by atoms with Gasteiger partial charge in [-0.2, -0.15) is 0 Å². The Morgan fingerprint density at radius 1 is 1.16 bits per heavy atom. The van der Waals surface area contributed by atoms with Crippen LogP contribution in [-0.2, 0) is 0 Å². The van der Waals surface area contributed by atoms with Gasteiger partial charge in [-0.05, 0) is 31.2 Å². The summed E-state index contributed by atoms with van der Waals surface area (Å²) in [6, 6.07) is 11.2. The molecule has 0 aliphatic carbocycles. The van der Waals surface area contributed by atoms with Crippen molar-refractivity contribution < 1.29 is 4.79 Å². The standard InChI is InChI=1S/C14H12N4O/c1-10-6-7-11(8-15-10)14(19)17-18-9-16-12-4-2-3-5-13(12)18/h2-9H,1H3,(H,17,19). The molecule has 2 aromatic heterocycles. The molecule has 2 heterocycles. The number of aryl methyl sites for hydroxylation is 1. The number of carbonyl (C=O) groups is 1. The van der Waals surface area contributed by atoms with Gasteiger partial charge in [-0.25, -0.2) is 9.66 Å². The quantitative estimate of drug-likeness (QED) is 0.760. The van der Waals surface area contributed by atoms with Gasteiger partial charge in [0.05, 0.1) is 16.6 Å². The van der Waals surface area contributed by atoms with Crippen molar-refractivity contribution in [3.05, 3.63) is 60.2 Å². The second-order valence-electron chi connectivity index (χ2n) is 4.23. The fourth-order valence-corrected chi connectivity index (χ4v) is 1.82. The lowest BCUT2D eigenvalue weighted by molar-refractivity contribution is 0.101. The van der Waals surface area contributed by atoms with Crippen molar-refractivity contribution in [3.63, 3.8) is 0 Å². The van der Waals surface area contributed by atoms with Gasteiger partial charge in [-0.3, -0.25) is 15.2 Å². The van der Waals surface area contributed by atoms with E-state index in [9.17, 15) is 4.79 Å². The lowest BCUT2D eigenvalue weighted by atomic mass is 10.2. The Balaban J connectivity index is 1.89. The zero-order chi connectivity index (χ0) is 13.2. The van der Waals surface area contributed by atoms with Gasteiger partial charge < -0.3 is 0 Å². The predicted molar refractivity (Wildman–Crippen MR) is 72.4 cm³/mol. The molecule has 0 saturated carbocycles. The van der Waals surface area contributed by atoms with Crippen LogP contribution < -0.4 is 5.43 Å². The maximum absolute atomic E-state index is 12.1. The third-order valence-electron chi connectivity index (χ3n) is 2.85. The molecule has 1 aromatic carbocycles. The third-order valence-corrected chi connectivity index (χ3v) is 2.85. The SMILES string of the molecule is Cc1ccc(C(=O)Nn2cnc3ccccc32)cn1. The molecule has 0 atom stereocenters. The fourth-order valence-electron chi connectivity index (χ4n) is 1.82. The molecule has 0 fully saturated rings. The van der Waals surface area contributed by atoms with E-state index in [0.29, 0.717) is 5.56 Å². The van der Waals surface area contributed by atoms with Crippen LogP contribution in [0.3, 0.4) is 0 Å². The van der Waals surface area contributed by atoms with Crippen LogP contribution in [0.5, 0.6) is 0 Å². The third kappa shape index (κ3) is 2.18. The molecule has 0 bridgehead atoms. The highest BCUT2D eigenvalue weighted by Crippen LogP contribution is 2.10. The van der Waals surface area contributed by atoms with Crippen LogP contribution in [0.1, 0.15) is 16.1 Å². The number of imidazole rings is 1. The molecule has 3 rings (SSSR count). The molecule has 94 valence electrons. The molecule has 0 aliphatic heterocycles. The Labute approximate surface area is 109 Å². The zero-order valence-electron chi connectivity index (χ0n) is 10.4. The molecule has 1 N–H and O–H groups in total. The van der Waals surface area contributed by atoms with E-state index in [2.05, 4.69) is 15.4 Å². The zero-order valence-corrected chi connectivity index (χ0v) is 10.4. The number of nitrogens with one attached hydrogen (secondary N) is 1. The van der Waals surface area contributed by atoms with Crippen molar-refractivity contribution in [2.75, 3.05) is 5.43 Å². The Hall–Kier alpha value is -2.69. The first-order chi connectivity index (χ1) is 9.24. The molecule has 0 spiro atoms. The number of rotatable bonds is 2. The minimum Gasteiger partial charge on any atom is -0.267 e. The first-order valence-electron chi connectivity index (χ1n) is 5.90. The number of para-hydroxylation sites is 2. The van der Waals surface area contributed by atoms with Crippen LogP contribution in [0.15, 0.2) is 48.9 Å². The summed E-state index contributed by atoms with van der Waals surface area (Å²) in [7, 11) is 0. The van der Waals surface area contributed by atoms with E-state index in [1.54, 1.807) is 29.3 Å². The maximum Gasteiger partial charge on any atom is 0.271 e. The molecular formula is C14H12N4O. The highest BCUT2D eigenvalue weighted by atomic mass is 16.2. The topological polar surface area (TPSA) is 59.8 Å². The summed E-state index contributed by atoms with van der Waals surface area (Å²) in [4.78, 5) is 20.4. The Bertz CT molecular complexity index is 731. The van der Waals surface area contributed by atoms with Crippen LogP contribution in [0.2, 0.25) is 0 Å². The van der Waals surface area contributed by atoms with Crippen molar-refractivity contribution in [3.8, 4) is 0 Å². The van der Waals surface area contributed by atoms with E-state index in [-0.39, 0.29) is 5.91 Å². The highest BCUT2D eigenvalue weighted by molar-refractivity contribution is 6.00. The van der Waals surface area contributed by atoms with Crippen LogP contribution >= 0.6 is 0 Å². The van der Waals surface area contributed by atoms with Crippen LogP contribution in [0.25, 0.3) is 11.0 Å². The molecule has 19 heavy (non-hydrogen) atoms. The first-order valence-corrected chi connectivity index (χ1v) is 5.90. The smallest absolute Gasteiger partial charge is 0.267 e. The van der Waals surface area contributed by atoms with Crippen LogP contribution in [0.4, 0.5) is 0 Å². The lowest BCUT2D eigenvalue weighted by Crippen LogP contribution is -2.22. The second kappa shape index (κ2) is 4.53. The molecule has 5 nitrogen and oxygen atoms in total. The summed E-state index contributed by atoms with van der Waals surface area (Å²) in [6.07, 6.45) is 3.15. The minimum atomic E-state index is -0.212. The molecule has 0 radical (unpaired) electrons. The number of carbonyl (C=O) groups excluding carboxylic acids is 1. The van der Waals surface area contributed by atoms with Crippen molar-refractivity contribution >= 4 is 16.9 Å². The number of hydrogen-bond acceptors (Lipinski definition) is 3. The Morgan fingerprint density at radius 3 is 2.79 bits per heavy atom. The van der Waals surface area contributed by atoms with E-state index in [1.807, 2.05) is 31.2 Å². The van der Waals surface area contributed by atoms with Gasteiger partial charge in [0, 0.05) is 11.9 Å². The lowest BCUT2D eigenvalue weighted by Gasteiger charge is -2.06. The number of fused-ring (bicyclic) bond motifs is 1. The van der Waals surface area contributed by atoms with Gasteiger partial charge in [-0.1, -0.05) is 12.1 Å². The number of pyridine rings is 1. The number of hydrogen-bond donors (Lipinski definition) is 1. The summed E-state index contributed by atoms with van der Waals surface area (Å²) < 4.78 is 1.61. The monoisotopic (exact) mass is 252 g/mol. The summed E-state index contributed by atoms with van der Waals surface area (Å²) in [5.74, 6) is -0.212. The molecule has 0 unspecified atom stereocenters. The van der Waals surface area contributed by atoms with Gasteiger partial charge in [0.1, 0.15) is 6.33 Å². The number of benzene rings is 1. The van der Waals surface area contributed by atoms with Crippen molar-refractivity contribution in [2.24, 2.45) is 0 Å². The maximum atomic E-state index is 12.1. The summed E-state index contributed by atoms with van der Waals surface area (Å²) in [5.41, 5.74) is 5.87. The molecule has 3 aromatic rings. The van der Waals surface area contributed by atoms with E-state index in [0.717, 1.165) is 16.7 Å². The Kier molecular flexibility index (Phi) is 2.72. The summed E-state index contributed by atoms with van der Waals surface area (Å²) in [5, 5.41) is 0. The number of amides is 1. The fraction of sp³-hybridized carbons (Fsp3) is 0.0714. The normalized spacial score (nSPS) is 10.6. The average Bonchev–Trinajstić information content (AvgIpc) is 2.83. The number of nitrogens with zero attached hydrogens (tertiary/aromatic N) is 3. The number of aromatic nitrogens is 3. The largest absolute Gasteiger partial charge is 0.271 e. The van der Waals surface area contributed by atoms with Crippen LogP contribution in [-0.4, -0.2) is 20.6 Å². The molecule has 5 heteroatoms. The van der Waals surface area contributed by atoms with Crippen molar-refractivity contribution in [1.29, 1.82) is 0 Å². The van der Waals surface area contributed by atoms with Gasteiger partial charge in [0.2, 0.25) is 0 Å². The molecule has 0 saturated heterocycles. The van der Waals surface area contributed by atoms with E-state index < -0.39 is 0 Å². The van der Waals surface area contributed by atoms with Gasteiger partial charge in [0.25, 0.3) is 5.91 Å². The van der Waals surface area contributed by atoms with Gasteiger partial charge in [-0.15, -0.1) is 0 Å². The summed E-state index contributed by atoms with van der Waals surface area (Å²) in [6.45, 7) is 1.88. The van der Waals surface area contributed by atoms with Crippen molar-refractivity contribution in [1.82, 2.24) is 14.6 Å². The highest BCUT2D eigenvalue weighted by Gasteiger charge is 2.08. The second-order valence-corrected chi connectivity index (χ2v) is 4.23. The molecular weight excluding hydrogens is 240 g/mol. The van der Waals surface area contributed by atoms with E-state index in [1.165, 1.54) is 0 Å². The summed E-state index contributed by atoms with van der Waals surface area (Å²) >= 11 is 0. The average molecular weight is 252 g/mol. The molecule has 1 amide bonds.